The molecule has 2 aromatic carbocycles. The van der Waals surface area contributed by atoms with E-state index >= 15 is 0 Å². The number of pyridine rings is 1. The van der Waals surface area contributed by atoms with Crippen LogP contribution in [0.2, 0.25) is 0 Å². The molecule has 8 nitrogen and oxygen atoms in total. The lowest BCUT2D eigenvalue weighted by Gasteiger charge is -2.09. The van der Waals surface area contributed by atoms with Crippen molar-refractivity contribution in [1.82, 2.24) is 19.6 Å². The van der Waals surface area contributed by atoms with E-state index in [2.05, 4.69) is 20.5 Å². The molecule has 1 amide bonds. The van der Waals surface area contributed by atoms with Gasteiger partial charge >= 0.3 is 0 Å². The van der Waals surface area contributed by atoms with Gasteiger partial charge in [-0.15, -0.1) is 10.2 Å². The Morgan fingerprint density at radius 3 is 2.82 bits per heavy atom. The fourth-order valence-electron chi connectivity index (χ4n) is 3.62. The molecule has 0 aliphatic rings. The van der Waals surface area contributed by atoms with Gasteiger partial charge in [-0.1, -0.05) is 23.1 Å². The second-order valence-electron chi connectivity index (χ2n) is 7.31. The van der Waals surface area contributed by atoms with Gasteiger partial charge < -0.3 is 14.8 Å². The Labute approximate surface area is 197 Å². The number of amides is 1. The van der Waals surface area contributed by atoms with E-state index in [0.29, 0.717) is 16.9 Å². The number of methoxy groups -OCH3 is 1. The number of rotatable bonds is 7. The summed E-state index contributed by atoms with van der Waals surface area (Å²) in [4.78, 5) is 17.1. The maximum absolute atomic E-state index is 12.6. The first-order valence-corrected chi connectivity index (χ1v) is 12.1. The van der Waals surface area contributed by atoms with Gasteiger partial charge in [-0.2, -0.15) is 0 Å². The number of hydrogen-bond acceptors (Lipinski definition) is 8. The molecule has 10 heteroatoms. The van der Waals surface area contributed by atoms with Gasteiger partial charge in [0.1, 0.15) is 11.5 Å². The first-order valence-electron chi connectivity index (χ1n) is 10.3. The number of fused-ring (bicyclic) bond motifs is 4. The van der Waals surface area contributed by atoms with Crippen LogP contribution in [0.5, 0.6) is 11.5 Å². The third-order valence-electron chi connectivity index (χ3n) is 5.12. The number of thioether (sulfide) groups is 1. The number of nitrogens with one attached hydrogen (secondary N) is 1. The predicted molar refractivity (Wildman–Crippen MR) is 132 cm³/mol. The van der Waals surface area contributed by atoms with Gasteiger partial charge in [0.05, 0.1) is 35.2 Å². The molecule has 3 aromatic heterocycles. The molecule has 0 aliphatic heterocycles. The van der Waals surface area contributed by atoms with E-state index < -0.39 is 0 Å². The molecule has 0 atom stereocenters. The van der Waals surface area contributed by atoms with E-state index in [1.807, 2.05) is 60.7 Å². The van der Waals surface area contributed by atoms with Gasteiger partial charge in [-0.05, 0) is 55.8 Å². The Bertz CT molecular complexity index is 1490. The maximum Gasteiger partial charge on any atom is 0.236 e. The molecule has 0 saturated heterocycles. The Morgan fingerprint density at radius 2 is 2.00 bits per heavy atom. The molecule has 33 heavy (non-hydrogen) atoms. The number of nitrogens with zero attached hydrogens (tertiary/aromatic N) is 4. The van der Waals surface area contributed by atoms with Crippen molar-refractivity contribution in [3.63, 3.8) is 0 Å². The highest BCUT2D eigenvalue weighted by atomic mass is 32.2. The highest BCUT2D eigenvalue weighted by Gasteiger charge is 2.15. The molecule has 168 valence electrons. The van der Waals surface area contributed by atoms with Crippen LogP contribution in [0.1, 0.15) is 12.5 Å². The fourth-order valence-corrected chi connectivity index (χ4v) is 5.29. The highest BCUT2D eigenvalue weighted by Crippen LogP contribution is 2.31. The lowest BCUT2D eigenvalue weighted by Crippen LogP contribution is -2.14. The van der Waals surface area contributed by atoms with Gasteiger partial charge in [0.15, 0.2) is 15.9 Å². The summed E-state index contributed by atoms with van der Waals surface area (Å²) in [5.41, 5.74) is 3.59. The number of aromatic nitrogens is 4. The molecule has 1 N–H and O–H groups in total. The standard InChI is InChI=1S/C23H21N5O3S2/c1-4-31-15-6-8-17-19(11-15)33-22(24-17)25-21(29)12-32-23-27-26-20-9-13(2)16-7-5-14(30-3)10-18(16)28(20)23/h5-11H,4,12H2,1-3H3,(H,24,25,29). The van der Waals surface area contributed by atoms with Crippen molar-refractivity contribution in [3.8, 4) is 11.5 Å². The van der Waals surface area contributed by atoms with Gasteiger partial charge in [0, 0.05) is 11.5 Å². The van der Waals surface area contributed by atoms with Crippen molar-refractivity contribution in [2.24, 2.45) is 0 Å². The van der Waals surface area contributed by atoms with Crippen LogP contribution in [-0.2, 0) is 4.79 Å². The van der Waals surface area contributed by atoms with E-state index in [1.54, 1.807) is 7.11 Å². The molecule has 0 radical (unpaired) electrons. The normalized spacial score (nSPS) is 11.4. The summed E-state index contributed by atoms with van der Waals surface area (Å²) < 4.78 is 13.9. The molecule has 3 heterocycles. The van der Waals surface area contributed by atoms with Crippen LogP contribution >= 0.6 is 23.1 Å². The van der Waals surface area contributed by atoms with E-state index in [9.17, 15) is 4.79 Å². The molecule has 5 aromatic rings. The Hall–Kier alpha value is -3.37. The fraction of sp³-hybridized carbons (Fsp3) is 0.217. The summed E-state index contributed by atoms with van der Waals surface area (Å²) in [5.74, 6) is 1.56. The van der Waals surface area contributed by atoms with Crippen LogP contribution in [0.15, 0.2) is 47.6 Å². The molecule has 0 aliphatic carbocycles. The van der Waals surface area contributed by atoms with Gasteiger partial charge in [0.25, 0.3) is 0 Å². The largest absolute Gasteiger partial charge is 0.497 e. The number of aryl methyl sites for hydroxylation is 1. The molecular formula is C23H21N5O3S2. The smallest absolute Gasteiger partial charge is 0.236 e. The molecule has 0 unspecified atom stereocenters. The van der Waals surface area contributed by atoms with Gasteiger partial charge in [-0.25, -0.2) is 4.98 Å². The van der Waals surface area contributed by atoms with Crippen LogP contribution in [0.3, 0.4) is 0 Å². The van der Waals surface area contributed by atoms with E-state index in [0.717, 1.165) is 43.8 Å². The zero-order valence-corrected chi connectivity index (χ0v) is 19.9. The number of anilines is 1. The SMILES string of the molecule is CCOc1ccc2nc(NC(=O)CSc3nnc4cc(C)c5ccc(OC)cc5n34)sc2c1. The number of thiazole rings is 1. The van der Waals surface area contributed by atoms with Crippen LogP contribution in [0.25, 0.3) is 26.8 Å². The first-order chi connectivity index (χ1) is 16.1. The summed E-state index contributed by atoms with van der Waals surface area (Å²) in [6.45, 7) is 4.59. The van der Waals surface area contributed by atoms with E-state index in [4.69, 9.17) is 9.47 Å². The van der Waals surface area contributed by atoms with Crippen molar-refractivity contribution in [3.05, 3.63) is 48.0 Å². The minimum Gasteiger partial charge on any atom is -0.497 e. The number of carbonyl (C=O) groups is 1. The molecule has 0 fully saturated rings. The van der Waals surface area contributed by atoms with Crippen molar-refractivity contribution in [1.29, 1.82) is 0 Å². The lowest BCUT2D eigenvalue weighted by molar-refractivity contribution is -0.113. The summed E-state index contributed by atoms with van der Waals surface area (Å²) >= 11 is 2.75. The molecule has 0 spiro atoms. The minimum absolute atomic E-state index is 0.158. The molecule has 0 bridgehead atoms. The molecular weight excluding hydrogens is 458 g/mol. The van der Waals surface area contributed by atoms with Crippen LogP contribution in [0.4, 0.5) is 5.13 Å². The average Bonchev–Trinajstić information content (AvgIpc) is 3.40. The monoisotopic (exact) mass is 479 g/mol. The third-order valence-corrected chi connectivity index (χ3v) is 6.99. The second kappa shape index (κ2) is 8.87. The Kier molecular flexibility index (Phi) is 5.77. The third kappa shape index (κ3) is 4.19. The summed E-state index contributed by atoms with van der Waals surface area (Å²) in [7, 11) is 1.64. The minimum atomic E-state index is -0.158. The second-order valence-corrected chi connectivity index (χ2v) is 9.28. The average molecular weight is 480 g/mol. The number of hydrogen-bond donors (Lipinski definition) is 1. The highest BCUT2D eigenvalue weighted by molar-refractivity contribution is 7.99. The summed E-state index contributed by atoms with van der Waals surface area (Å²) in [6.07, 6.45) is 0. The summed E-state index contributed by atoms with van der Waals surface area (Å²) in [5, 5.41) is 13.8. The Balaban J connectivity index is 1.36. The van der Waals surface area contributed by atoms with E-state index in [-0.39, 0.29) is 11.7 Å². The van der Waals surface area contributed by atoms with Crippen molar-refractivity contribution < 1.29 is 14.3 Å². The quantitative estimate of drug-likeness (QED) is 0.331. The Morgan fingerprint density at radius 1 is 1.15 bits per heavy atom. The van der Waals surface area contributed by atoms with Gasteiger partial charge in [-0.3, -0.25) is 9.20 Å². The van der Waals surface area contributed by atoms with Gasteiger partial charge in [0.2, 0.25) is 5.91 Å². The van der Waals surface area contributed by atoms with Crippen LogP contribution in [-0.4, -0.2) is 45.0 Å². The van der Waals surface area contributed by atoms with Crippen LogP contribution < -0.4 is 14.8 Å². The predicted octanol–water partition coefficient (Wildman–Crippen LogP) is 4.94. The van der Waals surface area contributed by atoms with Crippen LogP contribution in [0, 0.1) is 6.92 Å². The topological polar surface area (TPSA) is 90.6 Å². The molecule has 0 saturated carbocycles. The summed E-state index contributed by atoms with van der Waals surface area (Å²) in [6, 6.07) is 13.6. The number of ether oxygens (including phenoxy) is 2. The lowest BCUT2D eigenvalue weighted by atomic mass is 10.1. The van der Waals surface area contributed by atoms with Crippen molar-refractivity contribution in [2.45, 2.75) is 19.0 Å². The number of benzene rings is 2. The molecule has 5 rings (SSSR count). The van der Waals surface area contributed by atoms with Crippen molar-refractivity contribution in [2.75, 3.05) is 24.8 Å². The zero-order valence-electron chi connectivity index (χ0n) is 18.3. The zero-order chi connectivity index (χ0) is 22.9. The maximum atomic E-state index is 12.6. The first kappa shape index (κ1) is 21.5. The number of carbonyl (C=O) groups excluding carboxylic acids is 1. The van der Waals surface area contributed by atoms with Crippen molar-refractivity contribution >= 4 is 60.9 Å². The van der Waals surface area contributed by atoms with E-state index in [1.165, 1.54) is 23.1 Å².